The molecule has 0 saturated carbocycles. The van der Waals surface area contributed by atoms with Crippen LogP contribution in [0.15, 0.2) is 42.6 Å². The van der Waals surface area contributed by atoms with Crippen molar-refractivity contribution in [3.8, 4) is 0 Å². The largest absolute Gasteiger partial charge is 0.360 e. The maximum atomic E-state index is 12.4. The first kappa shape index (κ1) is 14.3. The number of H-pyrrole nitrogens is 1. The number of fused-ring (bicyclic) bond motifs is 1. The number of carbonyl (C=O) groups excluding carboxylic acids is 1. The molecule has 3 aromatic rings. The molecule has 0 atom stereocenters. The van der Waals surface area contributed by atoms with Crippen LogP contribution in [0.4, 0.5) is 5.69 Å². The van der Waals surface area contributed by atoms with Crippen molar-refractivity contribution in [3.63, 3.8) is 0 Å². The summed E-state index contributed by atoms with van der Waals surface area (Å²) < 4.78 is 0. The van der Waals surface area contributed by atoms with Crippen LogP contribution in [0.3, 0.4) is 0 Å². The molecule has 1 aromatic heterocycles. The third-order valence-corrected chi connectivity index (χ3v) is 3.86. The predicted molar refractivity (Wildman–Crippen MR) is 87.7 cm³/mol. The fourth-order valence-corrected chi connectivity index (χ4v) is 2.57. The molecule has 106 valence electrons. The standard InChI is InChI=1S/C15H9Cl3N2O/c16-8-2-4-13-10(5-8)11(7-19-13)15(21)20-14-6-9(17)1-3-12(14)18/h1-7,19H,(H,20,21). The van der Waals surface area contributed by atoms with Gasteiger partial charge in [0.1, 0.15) is 0 Å². The first-order chi connectivity index (χ1) is 10.0. The Balaban J connectivity index is 1.97. The van der Waals surface area contributed by atoms with E-state index in [9.17, 15) is 4.79 Å². The molecule has 21 heavy (non-hydrogen) atoms. The molecule has 0 spiro atoms. The molecule has 2 N–H and O–H groups in total. The van der Waals surface area contributed by atoms with E-state index in [1.807, 2.05) is 6.07 Å². The Morgan fingerprint density at radius 3 is 2.52 bits per heavy atom. The van der Waals surface area contributed by atoms with E-state index < -0.39 is 0 Å². The van der Waals surface area contributed by atoms with Gasteiger partial charge < -0.3 is 10.3 Å². The lowest BCUT2D eigenvalue weighted by Gasteiger charge is -2.07. The van der Waals surface area contributed by atoms with Crippen molar-refractivity contribution in [1.82, 2.24) is 4.98 Å². The zero-order valence-corrected chi connectivity index (χ0v) is 12.9. The number of aromatic nitrogens is 1. The quantitative estimate of drug-likeness (QED) is 0.647. The van der Waals surface area contributed by atoms with Gasteiger partial charge in [-0.25, -0.2) is 0 Å². The molecule has 0 bridgehead atoms. The molecular formula is C15H9Cl3N2O. The van der Waals surface area contributed by atoms with Gasteiger partial charge in [-0.1, -0.05) is 34.8 Å². The van der Waals surface area contributed by atoms with Gasteiger partial charge in [-0.05, 0) is 36.4 Å². The molecule has 2 aromatic carbocycles. The summed E-state index contributed by atoms with van der Waals surface area (Å²) in [6.07, 6.45) is 1.63. The van der Waals surface area contributed by atoms with E-state index in [1.165, 1.54) is 0 Å². The normalized spacial score (nSPS) is 10.8. The van der Waals surface area contributed by atoms with Crippen molar-refractivity contribution in [2.24, 2.45) is 0 Å². The fraction of sp³-hybridized carbons (Fsp3) is 0. The summed E-state index contributed by atoms with van der Waals surface area (Å²) in [6.45, 7) is 0. The second-order valence-electron chi connectivity index (χ2n) is 4.47. The van der Waals surface area contributed by atoms with Crippen LogP contribution in [0.1, 0.15) is 10.4 Å². The second-order valence-corrected chi connectivity index (χ2v) is 5.75. The lowest BCUT2D eigenvalue weighted by atomic mass is 10.1. The van der Waals surface area contributed by atoms with Crippen LogP contribution in [0.2, 0.25) is 15.1 Å². The highest BCUT2D eigenvalue weighted by Crippen LogP contribution is 2.27. The number of anilines is 1. The average Bonchev–Trinajstić information content (AvgIpc) is 2.85. The highest BCUT2D eigenvalue weighted by atomic mass is 35.5. The van der Waals surface area contributed by atoms with E-state index in [0.717, 1.165) is 10.9 Å². The molecule has 0 aliphatic carbocycles. The number of aromatic amines is 1. The Labute approximate surface area is 135 Å². The monoisotopic (exact) mass is 338 g/mol. The van der Waals surface area contributed by atoms with Crippen LogP contribution in [0, 0.1) is 0 Å². The van der Waals surface area contributed by atoms with Crippen LogP contribution in [0.5, 0.6) is 0 Å². The van der Waals surface area contributed by atoms with Crippen molar-refractivity contribution in [2.45, 2.75) is 0 Å². The minimum Gasteiger partial charge on any atom is -0.360 e. The summed E-state index contributed by atoms with van der Waals surface area (Å²) in [5.41, 5.74) is 1.79. The number of hydrogen-bond acceptors (Lipinski definition) is 1. The van der Waals surface area contributed by atoms with E-state index >= 15 is 0 Å². The Morgan fingerprint density at radius 1 is 1.00 bits per heavy atom. The van der Waals surface area contributed by atoms with Gasteiger partial charge in [0.05, 0.1) is 16.3 Å². The fourth-order valence-electron chi connectivity index (χ4n) is 2.06. The van der Waals surface area contributed by atoms with Crippen molar-refractivity contribution in [2.75, 3.05) is 5.32 Å². The molecule has 0 radical (unpaired) electrons. The maximum Gasteiger partial charge on any atom is 0.257 e. The van der Waals surface area contributed by atoms with Gasteiger partial charge in [-0.2, -0.15) is 0 Å². The van der Waals surface area contributed by atoms with Crippen LogP contribution in [-0.4, -0.2) is 10.9 Å². The summed E-state index contributed by atoms with van der Waals surface area (Å²) in [6, 6.07) is 10.2. The lowest BCUT2D eigenvalue weighted by Crippen LogP contribution is -2.11. The number of rotatable bonds is 2. The summed E-state index contributed by atoms with van der Waals surface area (Å²) >= 11 is 17.9. The van der Waals surface area contributed by atoms with E-state index in [2.05, 4.69) is 10.3 Å². The number of hydrogen-bond donors (Lipinski definition) is 2. The molecular weight excluding hydrogens is 331 g/mol. The maximum absolute atomic E-state index is 12.4. The SMILES string of the molecule is O=C(Nc1cc(Cl)ccc1Cl)c1c[nH]c2ccc(Cl)cc12. The zero-order valence-electron chi connectivity index (χ0n) is 10.6. The molecule has 0 aliphatic rings. The van der Waals surface area contributed by atoms with Gasteiger partial charge in [0.15, 0.2) is 0 Å². The second kappa shape index (κ2) is 5.60. The molecule has 3 rings (SSSR count). The van der Waals surface area contributed by atoms with Crippen LogP contribution >= 0.6 is 34.8 Å². The molecule has 0 aliphatic heterocycles. The topological polar surface area (TPSA) is 44.9 Å². The Morgan fingerprint density at radius 2 is 1.71 bits per heavy atom. The highest BCUT2D eigenvalue weighted by Gasteiger charge is 2.14. The van der Waals surface area contributed by atoms with E-state index in [0.29, 0.717) is 26.3 Å². The first-order valence-corrected chi connectivity index (χ1v) is 7.21. The van der Waals surface area contributed by atoms with E-state index in [-0.39, 0.29) is 5.91 Å². The van der Waals surface area contributed by atoms with Crippen molar-refractivity contribution in [3.05, 3.63) is 63.2 Å². The summed E-state index contributed by atoms with van der Waals surface area (Å²) in [4.78, 5) is 15.4. The molecule has 0 unspecified atom stereocenters. The van der Waals surface area contributed by atoms with Gasteiger partial charge in [-0.15, -0.1) is 0 Å². The minimum absolute atomic E-state index is 0.285. The Bertz CT molecular complexity index is 842. The van der Waals surface area contributed by atoms with Crippen LogP contribution in [0.25, 0.3) is 10.9 Å². The first-order valence-electron chi connectivity index (χ1n) is 6.07. The molecule has 1 amide bonds. The summed E-state index contributed by atoms with van der Waals surface area (Å²) in [5.74, 6) is -0.285. The van der Waals surface area contributed by atoms with Gasteiger partial charge in [0, 0.05) is 27.1 Å². The highest BCUT2D eigenvalue weighted by molar-refractivity contribution is 6.36. The Kier molecular flexibility index (Phi) is 3.81. The zero-order chi connectivity index (χ0) is 15.0. The van der Waals surface area contributed by atoms with E-state index in [4.69, 9.17) is 34.8 Å². The molecule has 1 heterocycles. The number of nitrogens with one attached hydrogen (secondary N) is 2. The van der Waals surface area contributed by atoms with Gasteiger partial charge in [0.25, 0.3) is 5.91 Å². The average molecular weight is 340 g/mol. The van der Waals surface area contributed by atoms with Crippen LogP contribution in [-0.2, 0) is 0 Å². The number of amides is 1. The predicted octanol–water partition coefficient (Wildman–Crippen LogP) is 5.38. The number of carbonyl (C=O) groups is 1. The van der Waals surface area contributed by atoms with Crippen molar-refractivity contribution < 1.29 is 4.79 Å². The Hall–Kier alpha value is -1.68. The van der Waals surface area contributed by atoms with Crippen molar-refractivity contribution >= 4 is 57.3 Å². The minimum atomic E-state index is -0.285. The molecule has 6 heteroatoms. The van der Waals surface area contributed by atoms with Crippen molar-refractivity contribution in [1.29, 1.82) is 0 Å². The van der Waals surface area contributed by atoms with Gasteiger partial charge in [-0.3, -0.25) is 4.79 Å². The lowest BCUT2D eigenvalue weighted by molar-refractivity contribution is 0.102. The number of halogens is 3. The molecule has 0 saturated heterocycles. The number of benzene rings is 2. The summed E-state index contributed by atoms with van der Waals surface area (Å²) in [5, 5.41) is 4.98. The summed E-state index contributed by atoms with van der Waals surface area (Å²) in [7, 11) is 0. The van der Waals surface area contributed by atoms with Gasteiger partial charge >= 0.3 is 0 Å². The molecule has 0 fully saturated rings. The van der Waals surface area contributed by atoms with E-state index in [1.54, 1.807) is 36.5 Å². The molecule has 3 nitrogen and oxygen atoms in total. The van der Waals surface area contributed by atoms with Crippen LogP contribution < -0.4 is 5.32 Å². The third kappa shape index (κ3) is 2.86. The third-order valence-electron chi connectivity index (χ3n) is 3.07. The smallest absolute Gasteiger partial charge is 0.257 e. The van der Waals surface area contributed by atoms with Gasteiger partial charge in [0.2, 0.25) is 0 Å².